The van der Waals surface area contributed by atoms with Crippen molar-refractivity contribution in [3.63, 3.8) is 0 Å². The molecule has 0 radical (unpaired) electrons. The van der Waals surface area contributed by atoms with Gasteiger partial charge in [-0.1, -0.05) is 0 Å². The van der Waals surface area contributed by atoms with Gasteiger partial charge in [0.1, 0.15) is 0 Å². The minimum absolute atomic E-state index is 0.00519. The zero-order valence-corrected chi connectivity index (χ0v) is 12.8. The molecule has 0 bridgehead atoms. The molecule has 116 valence electrons. The summed E-state index contributed by atoms with van der Waals surface area (Å²) in [7, 11) is 3.91. The normalized spacial score (nSPS) is 20.6. The largest absolute Gasteiger partial charge is 0.481 e. The number of carbonyl (C=O) groups is 2. The van der Waals surface area contributed by atoms with Gasteiger partial charge in [0.25, 0.3) is 0 Å². The molecule has 1 aliphatic heterocycles. The minimum atomic E-state index is -0.787. The Morgan fingerprint density at radius 1 is 1.50 bits per heavy atom. The van der Waals surface area contributed by atoms with Crippen molar-refractivity contribution in [1.29, 1.82) is 0 Å². The third-order valence-electron chi connectivity index (χ3n) is 3.90. The number of carboxylic acid groups (broad SMARTS) is 1. The molecule has 1 saturated heterocycles. The third-order valence-corrected chi connectivity index (χ3v) is 3.90. The van der Waals surface area contributed by atoms with Crippen molar-refractivity contribution < 1.29 is 14.7 Å². The molecule has 1 heterocycles. The van der Waals surface area contributed by atoms with E-state index in [0.29, 0.717) is 18.9 Å². The number of likely N-dealkylation sites (tertiary alicyclic amines) is 1. The molecule has 0 saturated carbocycles. The fourth-order valence-corrected chi connectivity index (χ4v) is 2.56. The Morgan fingerprint density at radius 3 is 2.75 bits per heavy atom. The van der Waals surface area contributed by atoms with Crippen molar-refractivity contribution in [3.8, 4) is 0 Å². The van der Waals surface area contributed by atoms with E-state index in [9.17, 15) is 9.59 Å². The summed E-state index contributed by atoms with van der Waals surface area (Å²) in [5.74, 6) is -0.787. The second-order valence-corrected chi connectivity index (χ2v) is 5.79. The Balaban J connectivity index is 2.24. The lowest BCUT2D eigenvalue weighted by atomic mass is 10.1. The number of carboxylic acids is 1. The number of likely N-dealkylation sites (N-methyl/N-ethyl adjacent to an activating group) is 2. The molecule has 0 aliphatic carbocycles. The topological polar surface area (TPSA) is 72.9 Å². The van der Waals surface area contributed by atoms with E-state index in [1.165, 1.54) is 6.42 Å². The van der Waals surface area contributed by atoms with Crippen LogP contribution in [0.1, 0.15) is 39.0 Å². The van der Waals surface area contributed by atoms with Crippen LogP contribution in [0.25, 0.3) is 0 Å². The van der Waals surface area contributed by atoms with Crippen LogP contribution >= 0.6 is 0 Å². The number of hydrogen-bond donors (Lipinski definition) is 2. The van der Waals surface area contributed by atoms with Gasteiger partial charge in [0, 0.05) is 32.1 Å². The van der Waals surface area contributed by atoms with Crippen LogP contribution in [0.2, 0.25) is 0 Å². The summed E-state index contributed by atoms with van der Waals surface area (Å²) in [4.78, 5) is 26.5. The molecule has 2 amide bonds. The Hall–Kier alpha value is -1.30. The highest BCUT2D eigenvalue weighted by Gasteiger charge is 2.24. The van der Waals surface area contributed by atoms with E-state index in [0.717, 1.165) is 19.5 Å². The lowest BCUT2D eigenvalue weighted by Gasteiger charge is -2.27. The van der Waals surface area contributed by atoms with Gasteiger partial charge < -0.3 is 20.2 Å². The average Bonchev–Trinajstić information content (AvgIpc) is 2.74. The maximum atomic E-state index is 12.0. The van der Waals surface area contributed by atoms with Crippen molar-refractivity contribution in [3.05, 3.63) is 0 Å². The standard InChI is InChI=1S/C14H27N3O3/c1-11(6-4-8-13(18)19)15-14(20)17(3)10-12-7-5-9-16(12)2/h11-12H,4-10H2,1-3H3,(H,15,20)(H,18,19). The summed E-state index contributed by atoms with van der Waals surface area (Å²) in [6.07, 6.45) is 3.77. The third kappa shape index (κ3) is 5.77. The summed E-state index contributed by atoms with van der Waals surface area (Å²) in [6, 6.07) is 0.381. The van der Waals surface area contributed by atoms with Gasteiger partial charge >= 0.3 is 12.0 Å². The Morgan fingerprint density at radius 2 is 2.20 bits per heavy atom. The first-order chi connectivity index (χ1) is 9.40. The van der Waals surface area contributed by atoms with Crippen molar-refractivity contribution in [1.82, 2.24) is 15.1 Å². The molecule has 6 nitrogen and oxygen atoms in total. The van der Waals surface area contributed by atoms with E-state index in [-0.39, 0.29) is 18.5 Å². The van der Waals surface area contributed by atoms with Gasteiger partial charge in [-0.15, -0.1) is 0 Å². The van der Waals surface area contributed by atoms with E-state index < -0.39 is 5.97 Å². The number of aliphatic carboxylic acids is 1. The second kappa shape index (κ2) is 8.09. The van der Waals surface area contributed by atoms with Crippen LogP contribution in [0.4, 0.5) is 4.79 Å². The number of carbonyl (C=O) groups excluding carboxylic acids is 1. The molecular formula is C14H27N3O3. The van der Waals surface area contributed by atoms with Gasteiger partial charge in [0.15, 0.2) is 0 Å². The van der Waals surface area contributed by atoms with Gasteiger partial charge in [0.2, 0.25) is 0 Å². The van der Waals surface area contributed by atoms with Crippen molar-refractivity contribution in [2.75, 3.05) is 27.2 Å². The quantitative estimate of drug-likeness (QED) is 0.741. The maximum absolute atomic E-state index is 12.0. The van der Waals surface area contributed by atoms with Gasteiger partial charge in [-0.05, 0) is 46.2 Å². The average molecular weight is 285 g/mol. The lowest BCUT2D eigenvalue weighted by Crippen LogP contribution is -2.46. The molecule has 1 aliphatic rings. The number of urea groups is 1. The van der Waals surface area contributed by atoms with E-state index in [2.05, 4.69) is 17.3 Å². The predicted octanol–water partition coefficient (Wildman–Crippen LogP) is 1.37. The number of nitrogens with one attached hydrogen (secondary N) is 1. The summed E-state index contributed by atoms with van der Waals surface area (Å²) < 4.78 is 0. The molecule has 1 fully saturated rings. The van der Waals surface area contributed by atoms with Gasteiger partial charge in [-0.25, -0.2) is 4.79 Å². The molecule has 20 heavy (non-hydrogen) atoms. The van der Waals surface area contributed by atoms with Crippen molar-refractivity contribution in [2.45, 2.75) is 51.1 Å². The first kappa shape index (κ1) is 16.8. The number of rotatable bonds is 7. The molecule has 2 N–H and O–H groups in total. The maximum Gasteiger partial charge on any atom is 0.317 e. The fourth-order valence-electron chi connectivity index (χ4n) is 2.56. The van der Waals surface area contributed by atoms with Gasteiger partial charge in [0.05, 0.1) is 0 Å². The molecule has 2 atom stereocenters. The van der Waals surface area contributed by atoms with Gasteiger partial charge in [-0.2, -0.15) is 0 Å². The zero-order valence-electron chi connectivity index (χ0n) is 12.8. The van der Waals surface area contributed by atoms with Crippen LogP contribution in [0.3, 0.4) is 0 Å². The number of amides is 2. The van der Waals surface area contributed by atoms with E-state index >= 15 is 0 Å². The first-order valence-corrected chi connectivity index (χ1v) is 7.33. The summed E-state index contributed by atoms with van der Waals surface area (Å²) in [5, 5.41) is 11.5. The SMILES string of the molecule is CC(CCCC(=O)O)NC(=O)N(C)CC1CCCN1C. The second-order valence-electron chi connectivity index (χ2n) is 5.79. The first-order valence-electron chi connectivity index (χ1n) is 7.33. The molecule has 0 spiro atoms. The van der Waals surface area contributed by atoms with E-state index in [1.54, 1.807) is 4.90 Å². The van der Waals surface area contributed by atoms with Crippen LogP contribution in [0.15, 0.2) is 0 Å². The summed E-state index contributed by atoms with van der Waals surface area (Å²) in [6.45, 7) is 3.76. The van der Waals surface area contributed by atoms with Gasteiger partial charge in [-0.3, -0.25) is 4.79 Å². The fraction of sp³-hybridized carbons (Fsp3) is 0.857. The van der Waals surface area contributed by atoms with E-state index in [4.69, 9.17) is 5.11 Å². The molecule has 0 aromatic carbocycles. The molecule has 0 aromatic rings. The predicted molar refractivity (Wildman–Crippen MR) is 77.8 cm³/mol. The molecule has 1 rings (SSSR count). The minimum Gasteiger partial charge on any atom is -0.481 e. The zero-order chi connectivity index (χ0) is 15.1. The number of nitrogens with zero attached hydrogens (tertiary/aromatic N) is 2. The summed E-state index contributed by atoms with van der Waals surface area (Å²) in [5.41, 5.74) is 0. The molecule has 6 heteroatoms. The Bertz CT molecular complexity index is 336. The monoisotopic (exact) mass is 285 g/mol. The smallest absolute Gasteiger partial charge is 0.317 e. The van der Waals surface area contributed by atoms with Crippen molar-refractivity contribution >= 4 is 12.0 Å². The van der Waals surface area contributed by atoms with Crippen LogP contribution in [0, 0.1) is 0 Å². The Kier molecular flexibility index (Phi) is 6.78. The highest BCUT2D eigenvalue weighted by Crippen LogP contribution is 2.15. The number of hydrogen-bond acceptors (Lipinski definition) is 3. The van der Waals surface area contributed by atoms with Crippen LogP contribution in [0.5, 0.6) is 0 Å². The van der Waals surface area contributed by atoms with Crippen LogP contribution in [-0.4, -0.2) is 66.2 Å². The van der Waals surface area contributed by atoms with Crippen molar-refractivity contribution in [2.24, 2.45) is 0 Å². The molecular weight excluding hydrogens is 258 g/mol. The highest BCUT2D eigenvalue weighted by molar-refractivity contribution is 5.74. The van der Waals surface area contributed by atoms with Crippen LogP contribution < -0.4 is 5.32 Å². The van der Waals surface area contributed by atoms with E-state index in [1.807, 2.05) is 14.0 Å². The summed E-state index contributed by atoms with van der Waals surface area (Å²) >= 11 is 0. The Labute approximate surface area is 121 Å². The lowest BCUT2D eigenvalue weighted by molar-refractivity contribution is -0.137. The molecule has 2 unspecified atom stereocenters. The van der Waals surface area contributed by atoms with Crippen LogP contribution in [-0.2, 0) is 4.79 Å². The highest BCUT2D eigenvalue weighted by atomic mass is 16.4. The molecule has 0 aromatic heterocycles.